The van der Waals surface area contributed by atoms with E-state index in [0.29, 0.717) is 24.8 Å². The molecule has 1 fully saturated rings. The topological polar surface area (TPSA) is 41.6 Å². The Morgan fingerprint density at radius 1 is 1.32 bits per heavy atom. The molecule has 6 heteroatoms. The van der Waals surface area contributed by atoms with Gasteiger partial charge in [0.1, 0.15) is 0 Å². The van der Waals surface area contributed by atoms with Crippen molar-refractivity contribution in [2.24, 2.45) is 16.6 Å². The summed E-state index contributed by atoms with van der Waals surface area (Å²) in [6.07, 6.45) is -1.36. The van der Waals surface area contributed by atoms with Crippen LogP contribution in [0.15, 0.2) is 29.3 Å². The molecule has 1 aromatic rings. The molecular formula is C16H22F3N3. The first-order valence-electron chi connectivity index (χ1n) is 7.57. The number of hydrogen-bond donors (Lipinski definition) is 1. The minimum atomic E-state index is -4.29. The molecule has 1 saturated heterocycles. The normalized spacial score (nSPS) is 20.3. The molecule has 0 spiro atoms. The van der Waals surface area contributed by atoms with Crippen molar-refractivity contribution in [1.29, 1.82) is 0 Å². The first-order chi connectivity index (χ1) is 10.4. The van der Waals surface area contributed by atoms with Crippen molar-refractivity contribution in [3.8, 4) is 0 Å². The van der Waals surface area contributed by atoms with E-state index in [2.05, 4.69) is 16.8 Å². The summed E-state index contributed by atoms with van der Waals surface area (Å²) in [7, 11) is 0. The van der Waals surface area contributed by atoms with E-state index >= 15 is 0 Å². The molecule has 0 aromatic heterocycles. The summed E-state index contributed by atoms with van der Waals surface area (Å²) in [6.45, 7) is 4.54. The number of benzene rings is 1. The van der Waals surface area contributed by atoms with E-state index in [1.165, 1.54) is 18.6 Å². The molecular weight excluding hydrogens is 291 g/mol. The number of nitrogens with zero attached hydrogens (tertiary/aromatic N) is 2. The quantitative estimate of drug-likeness (QED) is 0.687. The maximum absolute atomic E-state index is 12.5. The van der Waals surface area contributed by atoms with Crippen molar-refractivity contribution in [3.63, 3.8) is 0 Å². The third-order valence-corrected chi connectivity index (χ3v) is 3.94. The highest BCUT2D eigenvalue weighted by Crippen LogP contribution is 2.29. The number of hydrogen-bond acceptors (Lipinski definition) is 1. The molecule has 2 N–H and O–H groups in total. The van der Waals surface area contributed by atoms with Gasteiger partial charge < -0.3 is 10.6 Å². The van der Waals surface area contributed by atoms with Crippen LogP contribution in [0.3, 0.4) is 0 Å². The molecule has 1 aliphatic rings. The number of aliphatic imine (C=N–C) groups is 1. The van der Waals surface area contributed by atoms with E-state index in [4.69, 9.17) is 5.73 Å². The van der Waals surface area contributed by atoms with Crippen LogP contribution < -0.4 is 5.73 Å². The van der Waals surface area contributed by atoms with Crippen LogP contribution in [-0.2, 0) is 12.6 Å². The lowest BCUT2D eigenvalue weighted by Crippen LogP contribution is -2.43. The van der Waals surface area contributed by atoms with Gasteiger partial charge in [-0.15, -0.1) is 0 Å². The average Bonchev–Trinajstić information content (AvgIpc) is 2.47. The van der Waals surface area contributed by atoms with Crippen molar-refractivity contribution < 1.29 is 13.2 Å². The van der Waals surface area contributed by atoms with Gasteiger partial charge in [-0.25, -0.2) is 0 Å². The van der Waals surface area contributed by atoms with Crippen LogP contribution in [0.4, 0.5) is 13.2 Å². The van der Waals surface area contributed by atoms with Crippen molar-refractivity contribution >= 4 is 5.96 Å². The SMILES string of the molecule is CC1CCCN(C(N)=NCCc2ccc(C(F)(F)F)cc2)C1. The number of halogens is 3. The van der Waals surface area contributed by atoms with Crippen LogP contribution in [0.25, 0.3) is 0 Å². The van der Waals surface area contributed by atoms with Crippen molar-refractivity contribution in [2.75, 3.05) is 19.6 Å². The molecule has 1 unspecified atom stereocenters. The molecule has 0 aliphatic carbocycles. The predicted molar refractivity (Wildman–Crippen MR) is 81.6 cm³/mol. The van der Waals surface area contributed by atoms with E-state index < -0.39 is 11.7 Å². The second kappa shape index (κ2) is 7.03. The number of likely N-dealkylation sites (tertiary alicyclic amines) is 1. The Morgan fingerprint density at radius 3 is 2.59 bits per heavy atom. The monoisotopic (exact) mass is 313 g/mol. The lowest BCUT2D eigenvalue weighted by Gasteiger charge is -2.31. The molecule has 122 valence electrons. The number of rotatable bonds is 3. The first-order valence-corrected chi connectivity index (χ1v) is 7.57. The molecule has 22 heavy (non-hydrogen) atoms. The molecule has 1 heterocycles. The summed E-state index contributed by atoms with van der Waals surface area (Å²) < 4.78 is 37.4. The van der Waals surface area contributed by atoms with Crippen LogP contribution in [0, 0.1) is 5.92 Å². The van der Waals surface area contributed by atoms with Gasteiger partial charge >= 0.3 is 6.18 Å². The lowest BCUT2D eigenvalue weighted by atomic mass is 10.0. The highest BCUT2D eigenvalue weighted by molar-refractivity contribution is 5.78. The highest BCUT2D eigenvalue weighted by Gasteiger charge is 2.29. The molecule has 2 rings (SSSR count). The van der Waals surface area contributed by atoms with Gasteiger partial charge in [0.25, 0.3) is 0 Å². The van der Waals surface area contributed by atoms with Crippen LogP contribution in [-0.4, -0.2) is 30.5 Å². The second-order valence-corrected chi connectivity index (χ2v) is 5.88. The predicted octanol–water partition coefficient (Wildman–Crippen LogP) is 3.29. The van der Waals surface area contributed by atoms with E-state index in [9.17, 15) is 13.2 Å². The Kier molecular flexibility index (Phi) is 5.32. The minimum absolute atomic E-state index is 0.488. The number of nitrogens with two attached hydrogens (primary N) is 1. The molecule has 1 aliphatic heterocycles. The van der Waals surface area contributed by atoms with Crippen molar-refractivity contribution in [1.82, 2.24) is 4.90 Å². The summed E-state index contributed by atoms with van der Waals surface area (Å²) in [5, 5.41) is 0. The zero-order chi connectivity index (χ0) is 16.2. The maximum Gasteiger partial charge on any atom is 0.416 e. The van der Waals surface area contributed by atoms with E-state index in [-0.39, 0.29) is 0 Å². The second-order valence-electron chi connectivity index (χ2n) is 5.88. The third kappa shape index (κ3) is 4.64. The van der Waals surface area contributed by atoms with E-state index in [0.717, 1.165) is 37.2 Å². The maximum atomic E-state index is 12.5. The molecule has 0 radical (unpaired) electrons. The molecule has 0 amide bonds. The average molecular weight is 313 g/mol. The van der Waals surface area contributed by atoms with Gasteiger partial charge in [0.05, 0.1) is 5.56 Å². The largest absolute Gasteiger partial charge is 0.416 e. The first kappa shape index (κ1) is 16.6. The Morgan fingerprint density at radius 2 is 2.00 bits per heavy atom. The van der Waals surface area contributed by atoms with Gasteiger partial charge in [0.15, 0.2) is 5.96 Å². The summed E-state index contributed by atoms with van der Waals surface area (Å²) in [5.74, 6) is 1.16. The summed E-state index contributed by atoms with van der Waals surface area (Å²) >= 11 is 0. The zero-order valence-corrected chi connectivity index (χ0v) is 12.7. The summed E-state index contributed by atoms with van der Waals surface area (Å²) in [5.41, 5.74) is 6.19. The Labute approximate surface area is 129 Å². The smallest absolute Gasteiger partial charge is 0.370 e. The Bertz CT molecular complexity index is 508. The third-order valence-electron chi connectivity index (χ3n) is 3.94. The van der Waals surface area contributed by atoms with Crippen LogP contribution in [0.5, 0.6) is 0 Å². The fourth-order valence-electron chi connectivity index (χ4n) is 2.66. The molecule has 1 atom stereocenters. The Hall–Kier alpha value is -1.72. The van der Waals surface area contributed by atoms with Crippen LogP contribution in [0.1, 0.15) is 30.9 Å². The number of piperidine rings is 1. The fraction of sp³-hybridized carbons (Fsp3) is 0.562. The molecule has 3 nitrogen and oxygen atoms in total. The molecule has 0 bridgehead atoms. The highest BCUT2D eigenvalue weighted by atomic mass is 19.4. The van der Waals surface area contributed by atoms with Crippen LogP contribution >= 0.6 is 0 Å². The van der Waals surface area contributed by atoms with E-state index in [1.807, 2.05) is 0 Å². The summed E-state index contributed by atoms with van der Waals surface area (Å²) in [4.78, 5) is 6.43. The van der Waals surface area contributed by atoms with Crippen molar-refractivity contribution in [2.45, 2.75) is 32.4 Å². The zero-order valence-electron chi connectivity index (χ0n) is 12.7. The molecule has 0 saturated carbocycles. The summed E-state index contributed by atoms with van der Waals surface area (Å²) in [6, 6.07) is 5.21. The Balaban J connectivity index is 1.86. The van der Waals surface area contributed by atoms with Gasteiger partial charge in [-0.3, -0.25) is 4.99 Å². The van der Waals surface area contributed by atoms with Gasteiger partial charge in [-0.05, 0) is 42.9 Å². The number of guanidine groups is 1. The van der Waals surface area contributed by atoms with Gasteiger partial charge in [0, 0.05) is 19.6 Å². The minimum Gasteiger partial charge on any atom is -0.370 e. The van der Waals surface area contributed by atoms with Gasteiger partial charge in [0.2, 0.25) is 0 Å². The van der Waals surface area contributed by atoms with Crippen molar-refractivity contribution in [3.05, 3.63) is 35.4 Å². The molecule has 1 aromatic carbocycles. The lowest BCUT2D eigenvalue weighted by molar-refractivity contribution is -0.137. The standard InChI is InChI=1S/C16H22F3N3/c1-12-3-2-10-22(11-12)15(20)21-9-8-13-4-6-14(7-5-13)16(17,18)19/h4-7,12H,2-3,8-11H2,1H3,(H2,20,21). The van der Waals surface area contributed by atoms with E-state index in [1.54, 1.807) is 0 Å². The van der Waals surface area contributed by atoms with Gasteiger partial charge in [-0.1, -0.05) is 19.1 Å². The van der Waals surface area contributed by atoms with Gasteiger partial charge in [-0.2, -0.15) is 13.2 Å². The number of alkyl halides is 3. The van der Waals surface area contributed by atoms with Crippen LogP contribution in [0.2, 0.25) is 0 Å². The fourth-order valence-corrected chi connectivity index (χ4v) is 2.66.